The Balaban J connectivity index is 1.39. The van der Waals surface area contributed by atoms with Crippen molar-refractivity contribution >= 4 is 5.91 Å². The number of hydrogen-bond donors (Lipinski definition) is 3. The lowest BCUT2D eigenvalue weighted by Gasteiger charge is -2.36. The topological polar surface area (TPSA) is 77.2 Å². The maximum Gasteiger partial charge on any atom is 0.259 e. The van der Waals surface area contributed by atoms with E-state index >= 15 is 0 Å². The Hall–Kier alpha value is -2.44. The van der Waals surface area contributed by atoms with Gasteiger partial charge in [0.2, 0.25) is 0 Å². The Bertz CT molecular complexity index is 916. The van der Waals surface area contributed by atoms with Crippen LogP contribution in [0.5, 0.6) is 0 Å². The van der Waals surface area contributed by atoms with Gasteiger partial charge in [-0.1, -0.05) is 30.3 Å². The summed E-state index contributed by atoms with van der Waals surface area (Å²) in [5.41, 5.74) is 9.75. The fourth-order valence-corrected chi connectivity index (χ4v) is 4.90. The van der Waals surface area contributed by atoms with Gasteiger partial charge in [-0.2, -0.15) is 0 Å². The molecule has 2 saturated heterocycles. The highest BCUT2D eigenvalue weighted by molar-refractivity contribution is 5.95. The minimum Gasteiger partial charge on any atom is -0.362 e. The number of carbonyl (C=O) groups excluding carboxylic acids is 1. The van der Waals surface area contributed by atoms with E-state index in [4.69, 9.17) is 0 Å². The second-order valence-corrected chi connectivity index (χ2v) is 8.45. The smallest absolute Gasteiger partial charge is 0.259 e. The summed E-state index contributed by atoms with van der Waals surface area (Å²) in [5.74, 6) is 0.938. The van der Waals surface area contributed by atoms with Crippen molar-refractivity contribution in [2.75, 3.05) is 19.6 Å². The van der Waals surface area contributed by atoms with Gasteiger partial charge in [-0.05, 0) is 50.5 Å². The van der Waals surface area contributed by atoms with Gasteiger partial charge in [0.1, 0.15) is 5.56 Å². The second kappa shape index (κ2) is 8.51. The molecule has 2 aliphatic heterocycles. The van der Waals surface area contributed by atoms with Gasteiger partial charge in [0.25, 0.3) is 5.91 Å². The largest absolute Gasteiger partial charge is 0.362 e. The molecule has 0 saturated carbocycles. The van der Waals surface area contributed by atoms with Crippen molar-refractivity contribution in [2.24, 2.45) is 11.8 Å². The molecule has 3 N–H and O–H groups in total. The molecule has 0 radical (unpaired) electrons. The lowest BCUT2D eigenvalue weighted by atomic mass is 9.81. The molecule has 2 unspecified atom stereocenters. The van der Waals surface area contributed by atoms with Gasteiger partial charge in [0, 0.05) is 43.1 Å². The van der Waals surface area contributed by atoms with E-state index in [1.165, 1.54) is 11.6 Å². The fraction of sp³-hybridized carbons (Fsp3) is 0.478. The Morgan fingerprint density at radius 3 is 2.55 bits per heavy atom. The molecule has 2 atom stereocenters. The van der Waals surface area contributed by atoms with Crippen molar-refractivity contribution in [2.45, 2.75) is 39.2 Å². The van der Waals surface area contributed by atoms with Crippen LogP contribution in [0.2, 0.25) is 0 Å². The molecule has 0 spiro atoms. The lowest BCUT2D eigenvalue weighted by molar-refractivity contribution is 0.0661. The van der Waals surface area contributed by atoms with Gasteiger partial charge in [0.15, 0.2) is 5.43 Å². The molecule has 6 nitrogen and oxygen atoms in total. The normalized spacial score (nSPS) is 22.8. The van der Waals surface area contributed by atoms with Crippen LogP contribution in [-0.2, 0) is 6.42 Å². The van der Waals surface area contributed by atoms with Gasteiger partial charge in [-0.15, -0.1) is 0 Å². The van der Waals surface area contributed by atoms with Crippen LogP contribution < -0.4 is 16.3 Å². The third-order valence-electron chi connectivity index (χ3n) is 6.38. The number of carbonyl (C=O) groups is 1. The summed E-state index contributed by atoms with van der Waals surface area (Å²) in [5, 5.41) is 0. The number of piperidine rings is 1. The van der Waals surface area contributed by atoms with Crippen LogP contribution in [-0.4, -0.2) is 41.5 Å². The highest BCUT2D eigenvalue weighted by Gasteiger charge is 2.36. The number of aryl methyl sites for hydroxylation is 2. The van der Waals surface area contributed by atoms with Crippen LogP contribution in [0.4, 0.5) is 0 Å². The van der Waals surface area contributed by atoms with Gasteiger partial charge in [-0.25, -0.2) is 0 Å². The quantitative estimate of drug-likeness (QED) is 0.743. The number of H-pyrrole nitrogens is 1. The average Bonchev–Trinajstić information content (AvgIpc) is 3.16. The number of amides is 1. The molecule has 29 heavy (non-hydrogen) atoms. The molecule has 4 rings (SSSR count). The molecule has 154 valence electrons. The summed E-state index contributed by atoms with van der Waals surface area (Å²) in [7, 11) is 0. The fourth-order valence-electron chi connectivity index (χ4n) is 4.90. The van der Waals surface area contributed by atoms with Crippen LogP contribution in [0.25, 0.3) is 0 Å². The molecular weight excluding hydrogens is 364 g/mol. The van der Waals surface area contributed by atoms with Crippen LogP contribution in [0.1, 0.15) is 40.2 Å². The molecule has 0 aliphatic carbocycles. The summed E-state index contributed by atoms with van der Waals surface area (Å²) in [6.07, 6.45) is 2.97. The zero-order valence-electron chi connectivity index (χ0n) is 17.2. The van der Waals surface area contributed by atoms with E-state index in [0.717, 1.165) is 31.5 Å². The summed E-state index contributed by atoms with van der Waals surface area (Å²) >= 11 is 0. The highest BCUT2D eigenvalue weighted by atomic mass is 16.2. The zero-order chi connectivity index (χ0) is 20.4. The van der Waals surface area contributed by atoms with Crippen molar-refractivity contribution < 1.29 is 4.79 Å². The number of hydrogen-bond acceptors (Lipinski definition) is 4. The lowest BCUT2D eigenvalue weighted by Crippen LogP contribution is -2.47. The van der Waals surface area contributed by atoms with E-state index in [1.807, 2.05) is 11.8 Å². The molecule has 1 aromatic heterocycles. The van der Waals surface area contributed by atoms with E-state index in [1.54, 1.807) is 6.92 Å². The number of nitrogens with zero attached hydrogens (tertiary/aromatic N) is 1. The third kappa shape index (κ3) is 4.28. The molecule has 1 amide bonds. The standard InChI is InChI=1S/C23H30N4O2/c1-15-12-20(28)21(16(2)25-15)23(29)27-10-8-18(9-11-27)22-19(14-24-26-22)13-17-6-4-3-5-7-17/h3-7,12,18-19,22,24,26H,8-11,13-14H2,1-2H3,(H,25,28). The number of rotatable bonds is 4. The summed E-state index contributed by atoms with van der Waals surface area (Å²) < 4.78 is 0. The van der Waals surface area contributed by atoms with E-state index < -0.39 is 0 Å². The van der Waals surface area contributed by atoms with Crippen LogP contribution in [0.15, 0.2) is 41.2 Å². The van der Waals surface area contributed by atoms with Crippen molar-refractivity contribution in [1.82, 2.24) is 20.7 Å². The molecule has 2 aromatic rings. The molecule has 1 aromatic carbocycles. The maximum absolute atomic E-state index is 13.0. The first-order valence-corrected chi connectivity index (χ1v) is 10.5. The molecular formula is C23H30N4O2. The van der Waals surface area contributed by atoms with Crippen LogP contribution in [0.3, 0.4) is 0 Å². The number of hydrazine groups is 1. The van der Waals surface area contributed by atoms with E-state index in [9.17, 15) is 9.59 Å². The van der Waals surface area contributed by atoms with Gasteiger partial charge in [-0.3, -0.25) is 20.4 Å². The number of aromatic nitrogens is 1. The number of likely N-dealkylation sites (tertiary alicyclic amines) is 1. The minimum atomic E-state index is -0.185. The van der Waals surface area contributed by atoms with E-state index in [-0.39, 0.29) is 16.9 Å². The first kappa shape index (κ1) is 19.9. The zero-order valence-corrected chi connectivity index (χ0v) is 17.2. The minimum absolute atomic E-state index is 0.138. The summed E-state index contributed by atoms with van der Waals surface area (Å²) in [6, 6.07) is 12.6. The Kier molecular flexibility index (Phi) is 5.83. The monoisotopic (exact) mass is 394 g/mol. The highest BCUT2D eigenvalue weighted by Crippen LogP contribution is 2.29. The van der Waals surface area contributed by atoms with Crippen molar-refractivity contribution in [3.8, 4) is 0 Å². The number of nitrogens with one attached hydrogen (secondary N) is 3. The predicted octanol–water partition coefficient (Wildman–Crippen LogP) is 2.18. The van der Waals surface area contributed by atoms with Gasteiger partial charge in [0.05, 0.1) is 0 Å². The number of benzene rings is 1. The molecule has 6 heteroatoms. The van der Waals surface area contributed by atoms with Crippen LogP contribution >= 0.6 is 0 Å². The molecule has 0 bridgehead atoms. The van der Waals surface area contributed by atoms with E-state index in [2.05, 4.69) is 46.2 Å². The van der Waals surface area contributed by atoms with E-state index in [0.29, 0.717) is 36.7 Å². The Morgan fingerprint density at radius 1 is 1.14 bits per heavy atom. The summed E-state index contributed by atoms with van der Waals surface area (Å²) in [4.78, 5) is 30.3. The number of pyridine rings is 1. The number of aromatic amines is 1. The molecule has 2 aliphatic rings. The van der Waals surface area contributed by atoms with Gasteiger partial charge < -0.3 is 9.88 Å². The van der Waals surface area contributed by atoms with Gasteiger partial charge >= 0.3 is 0 Å². The first-order valence-electron chi connectivity index (χ1n) is 10.5. The Labute approximate surface area is 171 Å². The summed E-state index contributed by atoms with van der Waals surface area (Å²) in [6.45, 7) is 6.01. The Morgan fingerprint density at radius 2 is 1.86 bits per heavy atom. The first-order chi connectivity index (χ1) is 14.0. The van der Waals surface area contributed by atoms with Crippen LogP contribution in [0, 0.1) is 25.7 Å². The SMILES string of the molecule is Cc1cc(=O)c(C(=O)N2CCC(C3NNCC3Cc3ccccc3)CC2)c(C)[nH]1. The average molecular weight is 395 g/mol. The second-order valence-electron chi connectivity index (χ2n) is 8.45. The van der Waals surface area contributed by atoms with Crippen molar-refractivity contribution in [3.05, 3.63) is 69.1 Å². The third-order valence-corrected chi connectivity index (χ3v) is 6.38. The van der Waals surface area contributed by atoms with Crippen molar-refractivity contribution in [1.29, 1.82) is 0 Å². The molecule has 2 fully saturated rings. The molecule has 3 heterocycles. The van der Waals surface area contributed by atoms with Crippen molar-refractivity contribution in [3.63, 3.8) is 0 Å². The predicted molar refractivity (Wildman–Crippen MR) is 114 cm³/mol. The maximum atomic E-state index is 13.0.